The molecule has 0 bridgehead atoms. The van der Waals surface area contributed by atoms with Gasteiger partial charge >= 0.3 is 0 Å². The fourth-order valence-corrected chi connectivity index (χ4v) is 2.20. The lowest BCUT2D eigenvalue weighted by molar-refractivity contribution is 0.415. The summed E-state index contributed by atoms with van der Waals surface area (Å²) in [4.78, 5) is 1.81. The van der Waals surface area contributed by atoms with Crippen LogP contribution in [0, 0.1) is 5.82 Å². The average Bonchev–Trinajstić information content (AvgIpc) is 2.46. The number of methoxy groups -OCH3 is 1. The molecule has 2 rings (SSSR count). The molecular formula is C15H15BrFNO. The fraction of sp³-hybridized carbons (Fsp3) is 0.200. The second kappa shape index (κ2) is 6.06. The Morgan fingerprint density at radius 2 is 1.84 bits per heavy atom. The summed E-state index contributed by atoms with van der Waals surface area (Å²) < 4.78 is 19.1. The van der Waals surface area contributed by atoms with E-state index in [1.807, 2.05) is 42.3 Å². The molecule has 4 heteroatoms. The maximum Gasteiger partial charge on any atom is 0.147 e. The minimum Gasteiger partial charge on any atom is -0.497 e. The van der Waals surface area contributed by atoms with Crippen LogP contribution in [-0.2, 0) is 5.33 Å². The van der Waals surface area contributed by atoms with E-state index in [0.717, 1.165) is 17.0 Å². The third kappa shape index (κ3) is 3.07. The van der Waals surface area contributed by atoms with Gasteiger partial charge in [0.15, 0.2) is 0 Å². The molecule has 0 radical (unpaired) electrons. The summed E-state index contributed by atoms with van der Waals surface area (Å²) in [5, 5.41) is 0.649. The van der Waals surface area contributed by atoms with Crippen molar-refractivity contribution >= 4 is 27.3 Å². The highest BCUT2D eigenvalue weighted by molar-refractivity contribution is 9.08. The summed E-state index contributed by atoms with van der Waals surface area (Å²) in [5.41, 5.74) is 2.38. The van der Waals surface area contributed by atoms with Gasteiger partial charge in [-0.05, 0) is 42.0 Å². The average molecular weight is 324 g/mol. The topological polar surface area (TPSA) is 12.5 Å². The van der Waals surface area contributed by atoms with Gasteiger partial charge in [-0.25, -0.2) is 4.39 Å². The van der Waals surface area contributed by atoms with Crippen LogP contribution in [0.3, 0.4) is 0 Å². The predicted octanol–water partition coefficient (Wildman–Crippen LogP) is 4.50. The van der Waals surface area contributed by atoms with Gasteiger partial charge in [-0.2, -0.15) is 0 Å². The van der Waals surface area contributed by atoms with Crippen molar-refractivity contribution in [1.82, 2.24) is 0 Å². The zero-order chi connectivity index (χ0) is 13.8. The minimum atomic E-state index is -0.227. The van der Waals surface area contributed by atoms with Crippen LogP contribution in [0.1, 0.15) is 5.56 Å². The van der Waals surface area contributed by atoms with Crippen molar-refractivity contribution in [3.63, 3.8) is 0 Å². The van der Waals surface area contributed by atoms with Crippen molar-refractivity contribution in [3.8, 4) is 5.75 Å². The second-order valence-corrected chi connectivity index (χ2v) is 4.74. The Morgan fingerprint density at radius 1 is 1.16 bits per heavy atom. The van der Waals surface area contributed by atoms with Crippen molar-refractivity contribution in [2.45, 2.75) is 5.33 Å². The number of benzene rings is 2. The van der Waals surface area contributed by atoms with Crippen molar-refractivity contribution in [2.75, 3.05) is 19.1 Å². The van der Waals surface area contributed by atoms with Crippen LogP contribution < -0.4 is 9.64 Å². The second-order valence-electron chi connectivity index (χ2n) is 4.18. The van der Waals surface area contributed by atoms with Gasteiger partial charge in [0.25, 0.3) is 0 Å². The molecule has 0 spiro atoms. The lowest BCUT2D eigenvalue weighted by Crippen LogP contribution is -2.11. The van der Waals surface area contributed by atoms with Gasteiger partial charge in [-0.3, -0.25) is 0 Å². The molecule has 0 amide bonds. The van der Waals surface area contributed by atoms with Crippen molar-refractivity contribution in [3.05, 3.63) is 53.8 Å². The summed E-state index contributed by atoms with van der Waals surface area (Å²) in [6.45, 7) is 0. The van der Waals surface area contributed by atoms with Crippen LogP contribution in [0.15, 0.2) is 42.5 Å². The molecule has 0 aliphatic rings. The van der Waals surface area contributed by atoms with Crippen molar-refractivity contribution in [1.29, 1.82) is 0 Å². The van der Waals surface area contributed by atoms with E-state index in [4.69, 9.17) is 4.74 Å². The maximum absolute atomic E-state index is 14.0. The number of halogens is 2. The molecule has 0 aliphatic carbocycles. The molecule has 100 valence electrons. The smallest absolute Gasteiger partial charge is 0.147 e. The number of anilines is 2. The Kier molecular flexibility index (Phi) is 4.43. The largest absolute Gasteiger partial charge is 0.497 e. The van der Waals surface area contributed by atoms with Gasteiger partial charge in [0.05, 0.1) is 12.8 Å². The molecule has 0 atom stereocenters. The van der Waals surface area contributed by atoms with E-state index in [0.29, 0.717) is 11.0 Å². The maximum atomic E-state index is 14.0. The highest BCUT2D eigenvalue weighted by atomic mass is 79.9. The number of hydrogen-bond donors (Lipinski definition) is 0. The van der Waals surface area contributed by atoms with Gasteiger partial charge in [0.1, 0.15) is 11.6 Å². The van der Waals surface area contributed by atoms with Crippen LogP contribution in [0.4, 0.5) is 15.8 Å². The Morgan fingerprint density at radius 3 is 2.37 bits per heavy atom. The third-order valence-electron chi connectivity index (χ3n) is 2.99. The first kappa shape index (κ1) is 13.9. The first-order chi connectivity index (χ1) is 9.15. The van der Waals surface area contributed by atoms with E-state index in [9.17, 15) is 4.39 Å². The van der Waals surface area contributed by atoms with Crippen LogP contribution in [0.25, 0.3) is 0 Å². The number of rotatable bonds is 4. The number of ether oxygens (including phenoxy) is 1. The molecule has 0 N–H and O–H groups in total. The minimum absolute atomic E-state index is 0.227. The van der Waals surface area contributed by atoms with E-state index in [1.165, 1.54) is 0 Å². The first-order valence-corrected chi connectivity index (χ1v) is 7.00. The van der Waals surface area contributed by atoms with E-state index >= 15 is 0 Å². The summed E-state index contributed by atoms with van der Waals surface area (Å²) in [6.07, 6.45) is 0. The van der Waals surface area contributed by atoms with Gasteiger partial charge in [0.2, 0.25) is 0 Å². The van der Waals surface area contributed by atoms with Gasteiger partial charge in [-0.1, -0.05) is 22.0 Å². The molecule has 2 aromatic rings. The van der Waals surface area contributed by atoms with E-state index in [1.54, 1.807) is 19.2 Å². The Hall–Kier alpha value is -1.55. The van der Waals surface area contributed by atoms with E-state index in [-0.39, 0.29) is 5.82 Å². The van der Waals surface area contributed by atoms with E-state index in [2.05, 4.69) is 15.9 Å². The van der Waals surface area contributed by atoms with Crippen LogP contribution >= 0.6 is 15.9 Å². The standard InChI is InChI=1S/C15H15BrFNO/c1-18(12-4-6-13(19-2)7-5-12)15-8-3-11(10-16)9-14(15)17/h3-9H,10H2,1-2H3. The monoisotopic (exact) mass is 323 g/mol. The molecular weight excluding hydrogens is 309 g/mol. The normalized spacial score (nSPS) is 10.3. The quantitative estimate of drug-likeness (QED) is 0.768. The summed E-state index contributed by atoms with van der Waals surface area (Å²) in [5.74, 6) is 0.558. The van der Waals surface area contributed by atoms with Gasteiger partial charge < -0.3 is 9.64 Å². The number of alkyl halides is 1. The molecule has 0 aliphatic heterocycles. The zero-order valence-corrected chi connectivity index (χ0v) is 12.4. The molecule has 2 nitrogen and oxygen atoms in total. The lowest BCUT2D eigenvalue weighted by atomic mass is 10.2. The molecule has 0 heterocycles. The highest BCUT2D eigenvalue weighted by Crippen LogP contribution is 2.28. The summed E-state index contributed by atoms with van der Waals surface area (Å²) >= 11 is 3.32. The SMILES string of the molecule is COc1ccc(N(C)c2ccc(CBr)cc2F)cc1. The Bertz CT molecular complexity index is 557. The van der Waals surface area contributed by atoms with Gasteiger partial charge in [0, 0.05) is 18.1 Å². The van der Waals surface area contributed by atoms with Crippen LogP contribution in [0.2, 0.25) is 0 Å². The van der Waals surface area contributed by atoms with Crippen molar-refractivity contribution < 1.29 is 9.13 Å². The first-order valence-electron chi connectivity index (χ1n) is 5.88. The molecule has 0 unspecified atom stereocenters. The van der Waals surface area contributed by atoms with Crippen LogP contribution in [0.5, 0.6) is 5.75 Å². The molecule has 0 saturated carbocycles. The molecule has 2 aromatic carbocycles. The third-order valence-corrected chi connectivity index (χ3v) is 3.63. The van der Waals surface area contributed by atoms with Gasteiger partial charge in [-0.15, -0.1) is 0 Å². The summed E-state index contributed by atoms with van der Waals surface area (Å²) in [6, 6.07) is 12.8. The Labute approximate surface area is 120 Å². The molecule has 19 heavy (non-hydrogen) atoms. The fourth-order valence-electron chi connectivity index (χ4n) is 1.85. The molecule has 0 saturated heterocycles. The zero-order valence-electron chi connectivity index (χ0n) is 10.9. The van der Waals surface area contributed by atoms with Crippen molar-refractivity contribution in [2.24, 2.45) is 0 Å². The highest BCUT2D eigenvalue weighted by Gasteiger charge is 2.10. The van der Waals surface area contributed by atoms with E-state index < -0.39 is 0 Å². The predicted molar refractivity (Wildman–Crippen MR) is 80.1 cm³/mol. The van der Waals surface area contributed by atoms with Crippen LogP contribution in [-0.4, -0.2) is 14.2 Å². The molecule has 0 fully saturated rings. The number of hydrogen-bond acceptors (Lipinski definition) is 2. The summed E-state index contributed by atoms with van der Waals surface area (Å²) in [7, 11) is 3.46. The Balaban J connectivity index is 2.29. The molecule has 0 aromatic heterocycles. The number of nitrogens with zero attached hydrogens (tertiary/aromatic N) is 1. The lowest BCUT2D eigenvalue weighted by Gasteiger charge is -2.20.